The maximum atomic E-state index is 13.3. The zero-order valence-electron chi connectivity index (χ0n) is 18.9. The van der Waals surface area contributed by atoms with Crippen molar-refractivity contribution in [2.45, 2.75) is 6.54 Å². The molecule has 0 saturated heterocycles. The molecule has 1 N–H and O–H groups in total. The van der Waals surface area contributed by atoms with Crippen LogP contribution in [0.5, 0.6) is 0 Å². The van der Waals surface area contributed by atoms with E-state index in [-0.39, 0.29) is 28.7 Å². The van der Waals surface area contributed by atoms with Gasteiger partial charge in [-0.15, -0.1) is 0 Å². The molecule has 10 nitrogen and oxygen atoms in total. The third-order valence-corrected chi connectivity index (χ3v) is 7.24. The summed E-state index contributed by atoms with van der Waals surface area (Å²) in [5.74, 6) is -0.442. The zero-order chi connectivity index (χ0) is 25.5. The summed E-state index contributed by atoms with van der Waals surface area (Å²) in [7, 11) is -0.570. The molecule has 0 radical (unpaired) electrons. The van der Waals surface area contributed by atoms with Gasteiger partial charge in [0.25, 0.3) is 11.5 Å². The second-order valence-electron chi connectivity index (χ2n) is 7.90. The Hall–Kier alpha value is -3.41. The molecule has 0 aliphatic heterocycles. The number of nitrogens with zero attached hydrogens (tertiary/aromatic N) is 5. The van der Waals surface area contributed by atoms with E-state index in [1.807, 2.05) is 0 Å². The van der Waals surface area contributed by atoms with E-state index in [0.29, 0.717) is 21.3 Å². The van der Waals surface area contributed by atoms with Crippen LogP contribution < -0.4 is 15.2 Å². The van der Waals surface area contributed by atoms with E-state index in [4.69, 9.17) is 23.2 Å². The molecule has 0 fully saturated rings. The van der Waals surface area contributed by atoms with E-state index in [1.54, 1.807) is 31.4 Å². The average molecular weight is 535 g/mol. The Morgan fingerprint density at radius 2 is 1.86 bits per heavy atom. The van der Waals surface area contributed by atoms with Crippen LogP contribution in [-0.2, 0) is 23.6 Å². The molecule has 35 heavy (non-hydrogen) atoms. The third kappa shape index (κ3) is 5.16. The highest BCUT2D eigenvalue weighted by atomic mass is 35.5. The van der Waals surface area contributed by atoms with E-state index in [1.165, 1.54) is 41.0 Å². The van der Waals surface area contributed by atoms with Gasteiger partial charge in [-0.1, -0.05) is 29.3 Å². The van der Waals surface area contributed by atoms with Crippen molar-refractivity contribution in [2.24, 2.45) is 7.05 Å². The number of carbonyl (C=O) groups is 1. The zero-order valence-corrected chi connectivity index (χ0v) is 21.2. The predicted molar refractivity (Wildman–Crippen MR) is 136 cm³/mol. The summed E-state index contributed by atoms with van der Waals surface area (Å²) in [4.78, 5) is 30.7. The maximum absolute atomic E-state index is 13.3. The van der Waals surface area contributed by atoms with Crippen molar-refractivity contribution in [3.63, 3.8) is 0 Å². The fourth-order valence-electron chi connectivity index (χ4n) is 3.44. The number of carbonyl (C=O) groups excluding carboxylic acids is 1. The van der Waals surface area contributed by atoms with Gasteiger partial charge in [-0.3, -0.25) is 18.6 Å². The van der Waals surface area contributed by atoms with Crippen LogP contribution in [0.1, 0.15) is 15.9 Å². The van der Waals surface area contributed by atoms with E-state index in [2.05, 4.69) is 15.4 Å². The van der Waals surface area contributed by atoms with Crippen LogP contribution in [0.15, 0.2) is 53.8 Å². The molecule has 0 unspecified atom stereocenters. The molecule has 1 amide bonds. The van der Waals surface area contributed by atoms with Crippen LogP contribution in [-0.4, -0.2) is 47.0 Å². The highest BCUT2D eigenvalue weighted by Gasteiger charge is 2.20. The number of hydrogen-bond acceptors (Lipinski definition) is 6. The monoisotopic (exact) mass is 534 g/mol. The van der Waals surface area contributed by atoms with Crippen molar-refractivity contribution in [3.8, 4) is 0 Å². The van der Waals surface area contributed by atoms with Crippen molar-refractivity contribution in [3.05, 3.63) is 80.6 Å². The first-order valence-corrected chi connectivity index (χ1v) is 12.8. The van der Waals surface area contributed by atoms with Gasteiger partial charge < -0.3 is 9.88 Å². The lowest BCUT2D eigenvalue weighted by atomic mass is 10.1. The standard InChI is InChI=1S/C22H20Cl2N6O4S/c1-28-11-14(8-26-28)27-21(31)17-12-30(10-13-4-5-18(23)19(24)6-13)22(32)16-9-25-20(7-15(16)17)29(2)35(3,33)34/h4-9,11-12H,10H2,1-3H3,(H,27,31). The van der Waals surface area contributed by atoms with Gasteiger partial charge in [0.15, 0.2) is 0 Å². The van der Waals surface area contributed by atoms with Gasteiger partial charge in [0.1, 0.15) is 5.82 Å². The van der Waals surface area contributed by atoms with E-state index < -0.39 is 21.5 Å². The molecule has 0 spiro atoms. The van der Waals surface area contributed by atoms with Crippen LogP contribution in [0.3, 0.4) is 0 Å². The predicted octanol–water partition coefficient (Wildman–Crippen LogP) is 3.13. The van der Waals surface area contributed by atoms with Gasteiger partial charge >= 0.3 is 0 Å². The lowest BCUT2D eigenvalue weighted by molar-refractivity contribution is 0.102. The first-order chi connectivity index (χ1) is 16.4. The Labute approximate surface area is 210 Å². The molecule has 3 aromatic heterocycles. The second kappa shape index (κ2) is 9.33. The second-order valence-corrected chi connectivity index (χ2v) is 10.7. The van der Waals surface area contributed by atoms with Gasteiger partial charge in [-0.25, -0.2) is 13.4 Å². The lowest BCUT2D eigenvalue weighted by Crippen LogP contribution is -2.27. The van der Waals surface area contributed by atoms with Crippen molar-refractivity contribution >= 4 is 61.4 Å². The van der Waals surface area contributed by atoms with Gasteiger partial charge in [0.2, 0.25) is 10.0 Å². The molecule has 0 aliphatic carbocycles. The number of aromatic nitrogens is 4. The number of aryl methyl sites for hydroxylation is 1. The number of fused-ring (bicyclic) bond motifs is 1. The van der Waals surface area contributed by atoms with E-state index in [9.17, 15) is 18.0 Å². The average Bonchev–Trinajstić information content (AvgIpc) is 3.21. The molecule has 182 valence electrons. The largest absolute Gasteiger partial charge is 0.319 e. The van der Waals surface area contributed by atoms with Gasteiger partial charge in [0, 0.05) is 38.1 Å². The number of rotatable bonds is 6. The molecule has 0 saturated carbocycles. The molecule has 3 heterocycles. The van der Waals surface area contributed by atoms with Crippen LogP contribution in [0, 0.1) is 0 Å². The number of anilines is 2. The number of halogens is 2. The first kappa shape index (κ1) is 24.7. The van der Waals surface area contributed by atoms with Gasteiger partial charge in [-0.05, 0) is 23.8 Å². The minimum absolute atomic E-state index is 0.0667. The minimum Gasteiger partial charge on any atom is -0.319 e. The third-order valence-electron chi connectivity index (χ3n) is 5.32. The van der Waals surface area contributed by atoms with Crippen molar-refractivity contribution in [1.29, 1.82) is 0 Å². The normalized spacial score (nSPS) is 11.6. The van der Waals surface area contributed by atoms with Crippen molar-refractivity contribution < 1.29 is 13.2 Å². The number of sulfonamides is 1. The molecule has 1 aromatic carbocycles. The van der Waals surface area contributed by atoms with E-state index >= 15 is 0 Å². The lowest BCUT2D eigenvalue weighted by Gasteiger charge is -2.17. The molecule has 0 bridgehead atoms. The van der Waals surface area contributed by atoms with Crippen LogP contribution in [0.25, 0.3) is 10.8 Å². The molecule has 4 rings (SSSR count). The highest BCUT2D eigenvalue weighted by Crippen LogP contribution is 2.25. The van der Waals surface area contributed by atoms with Gasteiger partial charge in [-0.2, -0.15) is 5.10 Å². The smallest absolute Gasteiger partial charge is 0.260 e. The summed E-state index contributed by atoms with van der Waals surface area (Å²) < 4.78 is 27.9. The van der Waals surface area contributed by atoms with Crippen molar-refractivity contribution in [1.82, 2.24) is 19.3 Å². The molecular weight excluding hydrogens is 515 g/mol. The molecule has 13 heteroatoms. The number of nitrogens with one attached hydrogen (secondary N) is 1. The summed E-state index contributed by atoms with van der Waals surface area (Å²) in [6.07, 6.45) is 6.82. The van der Waals surface area contributed by atoms with E-state index in [0.717, 1.165) is 10.6 Å². The minimum atomic E-state index is -3.62. The molecule has 4 aromatic rings. The number of benzene rings is 1. The summed E-state index contributed by atoms with van der Waals surface area (Å²) in [5, 5.41) is 7.90. The number of hydrogen-bond donors (Lipinski definition) is 1. The summed E-state index contributed by atoms with van der Waals surface area (Å²) in [5.41, 5.74) is 0.885. The SMILES string of the molecule is CN(c1cc2c(C(=O)Nc3cnn(C)c3)cn(Cc3ccc(Cl)c(Cl)c3)c(=O)c2cn1)S(C)(=O)=O. The highest BCUT2D eigenvalue weighted by molar-refractivity contribution is 7.92. The summed E-state index contributed by atoms with van der Waals surface area (Å²) in [6, 6.07) is 6.39. The van der Waals surface area contributed by atoms with Crippen LogP contribution in [0.2, 0.25) is 10.0 Å². The Morgan fingerprint density at radius 3 is 2.49 bits per heavy atom. The Bertz CT molecular complexity index is 1630. The topological polar surface area (TPSA) is 119 Å². The number of amides is 1. The molecular formula is C22H20Cl2N6O4S. The first-order valence-electron chi connectivity index (χ1n) is 10.1. The molecule has 0 atom stereocenters. The maximum Gasteiger partial charge on any atom is 0.260 e. The fraction of sp³-hybridized carbons (Fsp3) is 0.182. The summed E-state index contributed by atoms with van der Waals surface area (Å²) >= 11 is 12.1. The Kier molecular flexibility index (Phi) is 6.58. The van der Waals surface area contributed by atoms with Crippen LogP contribution in [0.4, 0.5) is 11.5 Å². The van der Waals surface area contributed by atoms with Gasteiger partial charge in [0.05, 0.1) is 45.7 Å². The quantitative estimate of drug-likeness (QED) is 0.405. The fourth-order valence-corrected chi connectivity index (χ4v) is 4.20. The Balaban J connectivity index is 1.88. The number of pyridine rings is 2. The van der Waals surface area contributed by atoms with Crippen molar-refractivity contribution in [2.75, 3.05) is 22.9 Å². The summed E-state index contributed by atoms with van der Waals surface area (Å²) in [6.45, 7) is 0.115. The van der Waals surface area contributed by atoms with Crippen LogP contribution >= 0.6 is 23.2 Å². The molecule has 0 aliphatic rings. The Morgan fingerprint density at radius 1 is 1.11 bits per heavy atom.